The number of hydrogen-bond acceptors (Lipinski definition) is 2. The molecule has 114 valence electrons. The lowest BCUT2D eigenvalue weighted by Gasteiger charge is -2.27. The zero-order valence-electron chi connectivity index (χ0n) is 12.2. The predicted octanol–water partition coefficient (Wildman–Crippen LogP) is 4.00. The minimum Gasteiger partial charge on any atom is -0.375 e. The van der Waals surface area contributed by atoms with Crippen molar-refractivity contribution in [1.82, 2.24) is 5.32 Å². The van der Waals surface area contributed by atoms with Crippen molar-refractivity contribution in [3.63, 3.8) is 0 Å². The molecule has 0 radical (unpaired) electrons. The molecule has 0 aliphatic heterocycles. The Balaban J connectivity index is 2.31. The van der Waals surface area contributed by atoms with Gasteiger partial charge in [0.05, 0.1) is 0 Å². The Hall–Kier alpha value is -0.220. The Morgan fingerprint density at radius 1 is 1.16 bits per heavy atom. The van der Waals surface area contributed by atoms with E-state index in [9.17, 15) is 8.78 Å². The van der Waals surface area contributed by atoms with E-state index in [2.05, 4.69) is 12.2 Å². The molecule has 1 fully saturated rings. The number of alkyl halides is 2. The van der Waals surface area contributed by atoms with E-state index >= 15 is 0 Å². The molecule has 0 amide bonds. The third-order valence-electron chi connectivity index (χ3n) is 3.94. The zero-order valence-corrected chi connectivity index (χ0v) is 12.2. The molecule has 19 heavy (non-hydrogen) atoms. The Kier molecular flexibility index (Phi) is 9.35. The fourth-order valence-corrected chi connectivity index (χ4v) is 2.93. The van der Waals surface area contributed by atoms with Crippen LogP contribution in [0.1, 0.15) is 58.3 Å². The monoisotopic (exact) mass is 277 g/mol. The van der Waals surface area contributed by atoms with Gasteiger partial charge in [0.2, 0.25) is 0 Å². The lowest BCUT2D eigenvalue weighted by Crippen LogP contribution is -2.37. The van der Waals surface area contributed by atoms with Crippen molar-refractivity contribution in [1.29, 1.82) is 0 Å². The summed E-state index contributed by atoms with van der Waals surface area (Å²) in [4.78, 5) is 0. The van der Waals surface area contributed by atoms with Crippen LogP contribution in [0.5, 0.6) is 0 Å². The molecule has 1 rings (SSSR count). The van der Waals surface area contributed by atoms with Crippen LogP contribution in [0.25, 0.3) is 0 Å². The molecule has 4 heteroatoms. The van der Waals surface area contributed by atoms with Crippen molar-refractivity contribution in [3.05, 3.63) is 0 Å². The first-order valence-corrected chi connectivity index (χ1v) is 7.83. The Morgan fingerprint density at radius 2 is 1.84 bits per heavy atom. The van der Waals surface area contributed by atoms with Crippen molar-refractivity contribution in [3.8, 4) is 0 Å². The lowest BCUT2D eigenvalue weighted by molar-refractivity contribution is 0.0125. The summed E-state index contributed by atoms with van der Waals surface area (Å²) in [6.45, 7) is 3.19. The summed E-state index contributed by atoms with van der Waals surface area (Å²) in [5, 5.41) is 3.59. The standard InChI is InChI=1S/C15H29F2NO/c1-2-10-18-14(9-11-19-12-15(16)17)13-7-5-3-4-6-8-13/h13-15,18H,2-12H2,1H3. The second-order valence-electron chi connectivity index (χ2n) is 5.57. The van der Waals surface area contributed by atoms with E-state index in [4.69, 9.17) is 4.74 Å². The Labute approximate surface area is 116 Å². The minimum atomic E-state index is -2.35. The van der Waals surface area contributed by atoms with Gasteiger partial charge in [0.15, 0.2) is 0 Å². The summed E-state index contributed by atoms with van der Waals surface area (Å²) in [6.07, 6.45) is 7.49. The molecule has 1 aliphatic rings. The molecule has 0 aromatic heterocycles. The van der Waals surface area contributed by atoms with Gasteiger partial charge in [-0.3, -0.25) is 0 Å². The molecule has 2 nitrogen and oxygen atoms in total. The van der Waals surface area contributed by atoms with Crippen LogP contribution in [0.3, 0.4) is 0 Å². The van der Waals surface area contributed by atoms with E-state index in [0.717, 1.165) is 19.4 Å². The van der Waals surface area contributed by atoms with E-state index in [1.165, 1.54) is 38.5 Å². The number of nitrogens with one attached hydrogen (secondary N) is 1. The Morgan fingerprint density at radius 3 is 2.42 bits per heavy atom. The molecular weight excluding hydrogens is 248 g/mol. The van der Waals surface area contributed by atoms with Gasteiger partial charge < -0.3 is 10.1 Å². The molecule has 1 N–H and O–H groups in total. The second-order valence-corrected chi connectivity index (χ2v) is 5.57. The highest BCUT2D eigenvalue weighted by Gasteiger charge is 2.22. The highest BCUT2D eigenvalue weighted by Crippen LogP contribution is 2.27. The van der Waals surface area contributed by atoms with Crippen LogP contribution in [0.2, 0.25) is 0 Å². The summed E-state index contributed by atoms with van der Waals surface area (Å²) >= 11 is 0. The second kappa shape index (κ2) is 10.6. The zero-order chi connectivity index (χ0) is 13.9. The molecule has 0 heterocycles. The van der Waals surface area contributed by atoms with Crippen LogP contribution in [0.4, 0.5) is 8.78 Å². The van der Waals surface area contributed by atoms with Crippen molar-refractivity contribution in [2.24, 2.45) is 5.92 Å². The molecule has 0 spiro atoms. The average Bonchev–Trinajstić information content (AvgIpc) is 2.66. The van der Waals surface area contributed by atoms with Gasteiger partial charge in [-0.2, -0.15) is 0 Å². The first-order valence-electron chi connectivity index (χ1n) is 7.83. The number of halogens is 2. The molecule has 0 bridgehead atoms. The SMILES string of the molecule is CCCNC(CCOCC(F)F)C1CCCCCC1. The molecule has 1 atom stereocenters. The summed E-state index contributed by atoms with van der Waals surface area (Å²) in [6, 6.07) is 0.440. The summed E-state index contributed by atoms with van der Waals surface area (Å²) < 4.78 is 29.1. The van der Waals surface area contributed by atoms with Gasteiger partial charge in [0.1, 0.15) is 6.61 Å². The minimum absolute atomic E-state index is 0.425. The van der Waals surface area contributed by atoms with E-state index in [0.29, 0.717) is 18.6 Å². The molecular formula is C15H29F2NO. The van der Waals surface area contributed by atoms with Crippen LogP contribution in [-0.2, 0) is 4.74 Å². The van der Waals surface area contributed by atoms with Crippen molar-refractivity contribution < 1.29 is 13.5 Å². The largest absolute Gasteiger partial charge is 0.375 e. The Bertz CT molecular complexity index is 206. The topological polar surface area (TPSA) is 21.3 Å². The van der Waals surface area contributed by atoms with E-state index in [1.807, 2.05) is 0 Å². The maximum atomic E-state index is 12.0. The third-order valence-corrected chi connectivity index (χ3v) is 3.94. The fourth-order valence-electron chi connectivity index (χ4n) is 2.93. The molecule has 0 aromatic rings. The highest BCUT2D eigenvalue weighted by molar-refractivity contribution is 4.78. The predicted molar refractivity (Wildman–Crippen MR) is 74.7 cm³/mol. The van der Waals surface area contributed by atoms with Crippen molar-refractivity contribution in [2.45, 2.75) is 70.8 Å². The van der Waals surface area contributed by atoms with Crippen LogP contribution < -0.4 is 5.32 Å². The van der Waals surface area contributed by atoms with E-state index in [1.54, 1.807) is 0 Å². The van der Waals surface area contributed by atoms with Gasteiger partial charge in [-0.25, -0.2) is 8.78 Å². The lowest BCUT2D eigenvalue weighted by atomic mass is 9.90. The number of hydrogen-bond donors (Lipinski definition) is 1. The molecule has 1 unspecified atom stereocenters. The maximum absolute atomic E-state index is 12.0. The maximum Gasteiger partial charge on any atom is 0.261 e. The highest BCUT2D eigenvalue weighted by atomic mass is 19.3. The first-order chi connectivity index (χ1) is 9.24. The third kappa shape index (κ3) is 7.83. The van der Waals surface area contributed by atoms with Crippen molar-refractivity contribution in [2.75, 3.05) is 19.8 Å². The number of rotatable bonds is 9. The van der Waals surface area contributed by atoms with Gasteiger partial charge in [0.25, 0.3) is 6.43 Å². The van der Waals surface area contributed by atoms with Gasteiger partial charge in [0, 0.05) is 12.6 Å². The van der Waals surface area contributed by atoms with Crippen LogP contribution in [-0.4, -0.2) is 32.2 Å². The molecule has 1 saturated carbocycles. The average molecular weight is 277 g/mol. The van der Waals surface area contributed by atoms with Crippen molar-refractivity contribution >= 4 is 0 Å². The molecule has 0 saturated heterocycles. The molecule has 1 aliphatic carbocycles. The normalized spacial score (nSPS) is 19.6. The summed E-state index contributed by atoms with van der Waals surface area (Å²) in [5.74, 6) is 0.698. The van der Waals surface area contributed by atoms with Crippen LogP contribution in [0.15, 0.2) is 0 Å². The van der Waals surface area contributed by atoms with E-state index in [-0.39, 0.29) is 0 Å². The van der Waals surface area contributed by atoms with E-state index < -0.39 is 13.0 Å². The van der Waals surface area contributed by atoms with Gasteiger partial charge in [-0.05, 0) is 38.1 Å². The first kappa shape index (κ1) is 16.8. The van der Waals surface area contributed by atoms with Gasteiger partial charge >= 0.3 is 0 Å². The van der Waals surface area contributed by atoms with Crippen LogP contribution >= 0.6 is 0 Å². The summed E-state index contributed by atoms with van der Waals surface area (Å²) in [5.41, 5.74) is 0. The van der Waals surface area contributed by atoms with Gasteiger partial charge in [-0.1, -0.05) is 32.6 Å². The fraction of sp³-hybridized carbons (Fsp3) is 1.00. The molecule has 0 aromatic carbocycles. The van der Waals surface area contributed by atoms with Gasteiger partial charge in [-0.15, -0.1) is 0 Å². The van der Waals surface area contributed by atoms with Crippen LogP contribution in [0, 0.1) is 5.92 Å². The summed E-state index contributed by atoms with van der Waals surface area (Å²) in [7, 11) is 0. The number of ether oxygens (including phenoxy) is 1. The smallest absolute Gasteiger partial charge is 0.261 e. The quantitative estimate of drug-likeness (QED) is 0.508.